The smallest absolute Gasteiger partial charge is 0.179 e. The first-order chi connectivity index (χ1) is 11.2. The molecular formula is C17H16BrNO4. The first-order valence-electron chi connectivity index (χ1n) is 6.85. The van der Waals surface area contributed by atoms with Gasteiger partial charge in [-0.2, -0.15) is 5.26 Å². The topological polar surface area (TPSA) is 60.7 Å². The van der Waals surface area contributed by atoms with E-state index in [1.54, 1.807) is 19.2 Å². The number of rotatable bonds is 7. The molecule has 23 heavy (non-hydrogen) atoms. The molecule has 2 aromatic rings. The Balaban J connectivity index is 2.01. The molecular weight excluding hydrogens is 362 g/mol. The fourth-order valence-electron chi connectivity index (χ4n) is 1.99. The summed E-state index contributed by atoms with van der Waals surface area (Å²) < 4.78 is 22.5. The van der Waals surface area contributed by atoms with Crippen LogP contribution >= 0.6 is 15.9 Å². The lowest BCUT2D eigenvalue weighted by molar-refractivity contribution is 0.205. The van der Waals surface area contributed by atoms with Crippen LogP contribution in [0, 0.1) is 11.3 Å². The highest BCUT2D eigenvalue weighted by Gasteiger charge is 2.13. The maximum Gasteiger partial charge on any atom is 0.179 e. The fourth-order valence-corrected chi connectivity index (χ4v) is 2.42. The number of hydrogen-bond acceptors (Lipinski definition) is 5. The molecule has 0 fully saturated rings. The van der Waals surface area contributed by atoms with Gasteiger partial charge in [0, 0.05) is 4.47 Å². The second-order valence-corrected chi connectivity index (χ2v) is 5.36. The van der Waals surface area contributed by atoms with Gasteiger partial charge in [-0.3, -0.25) is 0 Å². The number of benzene rings is 2. The molecule has 2 rings (SSSR count). The van der Waals surface area contributed by atoms with Crippen LogP contribution in [-0.4, -0.2) is 27.4 Å². The summed E-state index contributed by atoms with van der Waals surface area (Å²) in [6.07, 6.45) is 0. The molecule has 0 saturated heterocycles. The van der Waals surface area contributed by atoms with E-state index in [1.165, 1.54) is 7.11 Å². The monoisotopic (exact) mass is 377 g/mol. The number of nitrogens with zero attached hydrogens (tertiary/aromatic N) is 1. The highest BCUT2D eigenvalue weighted by Crippen LogP contribution is 2.34. The van der Waals surface area contributed by atoms with E-state index in [-0.39, 0.29) is 6.61 Å². The van der Waals surface area contributed by atoms with Crippen molar-refractivity contribution in [3.8, 4) is 29.1 Å². The Morgan fingerprint density at radius 1 is 0.957 bits per heavy atom. The number of methoxy groups -OCH3 is 2. The predicted molar refractivity (Wildman–Crippen MR) is 89.4 cm³/mol. The van der Waals surface area contributed by atoms with E-state index >= 15 is 0 Å². The molecule has 0 N–H and O–H groups in total. The van der Waals surface area contributed by atoms with Gasteiger partial charge in [-0.1, -0.05) is 28.1 Å². The molecule has 6 heteroatoms. The van der Waals surface area contributed by atoms with Crippen LogP contribution < -0.4 is 18.9 Å². The molecule has 0 aliphatic carbocycles. The van der Waals surface area contributed by atoms with Crippen molar-refractivity contribution in [1.29, 1.82) is 5.26 Å². The van der Waals surface area contributed by atoms with E-state index in [9.17, 15) is 5.26 Å². The van der Waals surface area contributed by atoms with Crippen LogP contribution in [-0.2, 0) is 0 Å². The van der Waals surface area contributed by atoms with Gasteiger partial charge in [0.2, 0.25) is 0 Å². The minimum absolute atomic E-state index is 0.269. The molecule has 0 bridgehead atoms. The Morgan fingerprint density at radius 2 is 1.61 bits per heavy atom. The Hall–Kier alpha value is -2.39. The highest BCUT2D eigenvalue weighted by atomic mass is 79.9. The van der Waals surface area contributed by atoms with Crippen molar-refractivity contribution in [2.24, 2.45) is 0 Å². The Labute approximate surface area is 143 Å². The lowest BCUT2D eigenvalue weighted by atomic mass is 10.2. The van der Waals surface area contributed by atoms with Crippen LogP contribution in [0.15, 0.2) is 40.9 Å². The molecule has 0 amide bonds. The lowest BCUT2D eigenvalue weighted by Crippen LogP contribution is -2.11. The largest absolute Gasteiger partial charge is 0.493 e. The van der Waals surface area contributed by atoms with Gasteiger partial charge in [0.1, 0.15) is 19.3 Å². The van der Waals surface area contributed by atoms with Gasteiger partial charge in [-0.05, 0) is 24.3 Å². The SMILES string of the molecule is COc1ccccc1OCCOc1c(C#N)cc(Br)cc1OC. The molecule has 0 heterocycles. The Bertz CT molecular complexity index is 712. The average Bonchev–Trinajstić information content (AvgIpc) is 2.59. The maximum atomic E-state index is 9.21. The molecule has 0 aliphatic rings. The van der Waals surface area contributed by atoms with Gasteiger partial charge in [0.15, 0.2) is 23.0 Å². The third-order valence-corrected chi connectivity index (χ3v) is 3.47. The van der Waals surface area contributed by atoms with Gasteiger partial charge < -0.3 is 18.9 Å². The van der Waals surface area contributed by atoms with E-state index < -0.39 is 0 Å². The molecule has 0 aromatic heterocycles. The number of nitriles is 1. The molecule has 0 unspecified atom stereocenters. The minimum Gasteiger partial charge on any atom is -0.493 e. The van der Waals surface area contributed by atoms with Gasteiger partial charge in [0.25, 0.3) is 0 Å². The number of halogens is 1. The van der Waals surface area contributed by atoms with Crippen molar-refractivity contribution >= 4 is 15.9 Å². The zero-order chi connectivity index (χ0) is 16.7. The van der Waals surface area contributed by atoms with E-state index in [2.05, 4.69) is 22.0 Å². The Kier molecular flexibility index (Phi) is 6.12. The summed E-state index contributed by atoms with van der Waals surface area (Å²) in [7, 11) is 3.12. The molecule has 5 nitrogen and oxygen atoms in total. The first kappa shape index (κ1) is 17.0. The molecule has 0 radical (unpaired) electrons. The van der Waals surface area contributed by atoms with Crippen molar-refractivity contribution in [1.82, 2.24) is 0 Å². The normalized spacial score (nSPS) is 9.83. The van der Waals surface area contributed by atoms with Crippen LogP contribution in [0.1, 0.15) is 5.56 Å². The third-order valence-electron chi connectivity index (χ3n) is 3.02. The second-order valence-electron chi connectivity index (χ2n) is 4.44. The highest BCUT2D eigenvalue weighted by molar-refractivity contribution is 9.10. The van der Waals surface area contributed by atoms with E-state index in [0.29, 0.717) is 35.2 Å². The summed E-state index contributed by atoms with van der Waals surface area (Å²) in [5.74, 6) is 2.20. The summed E-state index contributed by atoms with van der Waals surface area (Å²) in [6, 6.07) is 12.9. The van der Waals surface area contributed by atoms with Gasteiger partial charge >= 0.3 is 0 Å². The van der Waals surface area contributed by atoms with Crippen LogP contribution in [0.4, 0.5) is 0 Å². The van der Waals surface area contributed by atoms with E-state index in [4.69, 9.17) is 18.9 Å². The van der Waals surface area contributed by atoms with Crippen LogP contribution in [0.25, 0.3) is 0 Å². The van der Waals surface area contributed by atoms with Gasteiger partial charge in [-0.15, -0.1) is 0 Å². The number of ether oxygens (including phenoxy) is 4. The standard InChI is InChI=1S/C17H16BrNO4/c1-20-14-5-3-4-6-15(14)22-7-8-23-17-12(11-19)9-13(18)10-16(17)21-2/h3-6,9-10H,7-8H2,1-2H3. The van der Waals surface area contributed by atoms with Crippen molar-refractivity contribution in [2.75, 3.05) is 27.4 Å². The molecule has 0 aliphatic heterocycles. The zero-order valence-electron chi connectivity index (χ0n) is 12.8. The van der Waals surface area contributed by atoms with Gasteiger partial charge in [0.05, 0.1) is 19.8 Å². The maximum absolute atomic E-state index is 9.21. The van der Waals surface area contributed by atoms with Crippen molar-refractivity contribution in [3.05, 3.63) is 46.4 Å². The number of hydrogen-bond donors (Lipinski definition) is 0. The minimum atomic E-state index is 0.269. The van der Waals surface area contributed by atoms with Crippen LogP contribution in [0.2, 0.25) is 0 Å². The van der Waals surface area contributed by atoms with Crippen LogP contribution in [0.5, 0.6) is 23.0 Å². The summed E-state index contributed by atoms with van der Waals surface area (Å²) in [5.41, 5.74) is 0.397. The third kappa shape index (κ3) is 4.30. The second kappa shape index (κ2) is 8.30. The molecule has 0 atom stereocenters. The Morgan fingerprint density at radius 3 is 2.26 bits per heavy atom. The summed E-state index contributed by atoms with van der Waals surface area (Å²) in [5, 5.41) is 9.21. The first-order valence-corrected chi connectivity index (χ1v) is 7.65. The van der Waals surface area contributed by atoms with Crippen molar-refractivity contribution in [2.45, 2.75) is 0 Å². The van der Waals surface area contributed by atoms with E-state index in [1.807, 2.05) is 24.3 Å². The number of para-hydroxylation sites is 2. The average molecular weight is 378 g/mol. The van der Waals surface area contributed by atoms with E-state index in [0.717, 1.165) is 4.47 Å². The van der Waals surface area contributed by atoms with Crippen molar-refractivity contribution in [3.63, 3.8) is 0 Å². The van der Waals surface area contributed by atoms with Crippen LogP contribution in [0.3, 0.4) is 0 Å². The predicted octanol–water partition coefficient (Wildman–Crippen LogP) is 3.80. The molecule has 0 spiro atoms. The fraction of sp³-hybridized carbons (Fsp3) is 0.235. The zero-order valence-corrected chi connectivity index (χ0v) is 14.4. The molecule has 2 aromatic carbocycles. The summed E-state index contributed by atoms with van der Waals surface area (Å²) >= 11 is 3.33. The quantitative estimate of drug-likeness (QED) is 0.686. The molecule has 120 valence electrons. The summed E-state index contributed by atoms with van der Waals surface area (Å²) in [4.78, 5) is 0. The lowest BCUT2D eigenvalue weighted by Gasteiger charge is -2.14. The summed E-state index contributed by atoms with van der Waals surface area (Å²) in [6.45, 7) is 0.579. The van der Waals surface area contributed by atoms with Gasteiger partial charge in [-0.25, -0.2) is 0 Å². The van der Waals surface area contributed by atoms with Crippen molar-refractivity contribution < 1.29 is 18.9 Å². The molecule has 0 saturated carbocycles.